The van der Waals surface area contributed by atoms with Crippen molar-refractivity contribution in [2.75, 3.05) is 0 Å². The lowest BCUT2D eigenvalue weighted by molar-refractivity contribution is -0.153. The highest BCUT2D eigenvalue weighted by atomic mass is 35.5. The Kier molecular flexibility index (Phi) is 4.67. The molecule has 1 aromatic rings. The molecule has 2 nitrogen and oxygen atoms in total. The summed E-state index contributed by atoms with van der Waals surface area (Å²) in [5.41, 5.74) is 1.84. The van der Waals surface area contributed by atoms with E-state index in [4.69, 9.17) is 16.3 Å². The van der Waals surface area contributed by atoms with Crippen LogP contribution in [0.2, 0.25) is 5.02 Å². The molecule has 116 valence electrons. The zero-order valence-electron chi connectivity index (χ0n) is 13.6. The molecule has 1 fully saturated rings. The lowest BCUT2D eigenvalue weighted by Crippen LogP contribution is -2.56. The van der Waals surface area contributed by atoms with Crippen LogP contribution in [-0.2, 0) is 4.79 Å². The van der Waals surface area contributed by atoms with Gasteiger partial charge in [-0.2, -0.15) is 0 Å². The van der Waals surface area contributed by atoms with Gasteiger partial charge in [-0.15, -0.1) is 0 Å². The summed E-state index contributed by atoms with van der Waals surface area (Å²) in [6.45, 7) is 10.4. The number of halogens is 1. The number of Topliss-reactive ketones (excluding diaryl/α,β-unsaturated/α-hetero) is 1. The van der Waals surface area contributed by atoms with Crippen LogP contribution in [0.3, 0.4) is 0 Å². The Morgan fingerprint density at radius 3 is 2.43 bits per heavy atom. The molecule has 21 heavy (non-hydrogen) atoms. The summed E-state index contributed by atoms with van der Waals surface area (Å²) in [6.07, 6.45) is 2.22. The van der Waals surface area contributed by atoms with Gasteiger partial charge in [-0.25, -0.2) is 0 Å². The van der Waals surface area contributed by atoms with Gasteiger partial charge in [0.2, 0.25) is 0 Å². The van der Waals surface area contributed by atoms with E-state index in [1.807, 2.05) is 19.1 Å². The van der Waals surface area contributed by atoms with Crippen LogP contribution in [-0.4, -0.2) is 11.9 Å². The largest absolute Gasteiger partial charge is 0.489 e. The molecule has 1 unspecified atom stereocenters. The average Bonchev–Trinajstić information content (AvgIpc) is 2.41. The fourth-order valence-electron chi connectivity index (χ4n) is 3.26. The van der Waals surface area contributed by atoms with E-state index < -0.39 is 0 Å². The van der Waals surface area contributed by atoms with Gasteiger partial charge in [0.05, 0.1) is 5.41 Å². The molecule has 0 N–H and O–H groups in total. The van der Waals surface area contributed by atoms with E-state index in [9.17, 15) is 4.79 Å². The van der Waals surface area contributed by atoms with Crippen LogP contribution in [0.4, 0.5) is 0 Å². The molecule has 0 spiro atoms. The van der Waals surface area contributed by atoms with Crippen molar-refractivity contribution in [2.45, 2.75) is 65.9 Å². The number of hydrogen-bond acceptors (Lipinski definition) is 2. The number of hydrogen-bond donors (Lipinski definition) is 0. The molecule has 1 aliphatic rings. The maximum atomic E-state index is 12.0. The van der Waals surface area contributed by atoms with E-state index in [0.717, 1.165) is 34.7 Å². The van der Waals surface area contributed by atoms with Crippen molar-refractivity contribution < 1.29 is 9.53 Å². The van der Waals surface area contributed by atoms with Crippen LogP contribution in [0.25, 0.3) is 0 Å². The molecular formula is C18H25ClO2. The molecule has 2 rings (SSSR count). The molecular weight excluding hydrogens is 284 g/mol. The van der Waals surface area contributed by atoms with Crippen LogP contribution in [0.15, 0.2) is 12.1 Å². The van der Waals surface area contributed by atoms with E-state index in [1.165, 1.54) is 0 Å². The van der Waals surface area contributed by atoms with Gasteiger partial charge in [0, 0.05) is 11.4 Å². The fourth-order valence-corrected chi connectivity index (χ4v) is 3.70. The van der Waals surface area contributed by atoms with Gasteiger partial charge >= 0.3 is 0 Å². The minimum Gasteiger partial charge on any atom is -0.489 e. The summed E-state index contributed by atoms with van der Waals surface area (Å²) in [4.78, 5) is 12.0. The molecule has 1 aliphatic carbocycles. The van der Waals surface area contributed by atoms with Crippen LogP contribution in [0.1, 0.15) is 64.0 Å². The zero-order chi connectivity index (χ0) is 15.8. The van der Waals surface area contributed by atoms with Crippen molar-refractivity contribution in [2.24, 2.45) is 5.41 Å². The van der Waals surface area contributed by atoms with Crippen molar-refractivity contribution in [3.63, 3.8) is 0 Å². The Balaban J connectivity index is 2.28. The molecule has 1 saturated carbocycles. The summed E-state index contributed by atoms with van der Waals surface area (Å²) in [7, 11) is 0. The van der Waals surface area contributed by atoms with Crippen molar-refractivity contribution in [3.8, 4) is 5.75 Å². The second-order valence-corrected chi connectivity index (χ2v) is 6.80. The maximum absolute atomic E-state index is 12.0. The predicted octanol–water partition coefficient (Wildman–Crippen LogP) is 5.30. The summed E-state index contributed by atoms with van der Waals surface area (Å²) in [5, 5.41) is 0.789. The van der Waals surface area contributed by atoms with Gasteiger partial charge in [0.15, 0.2) is 0 Å². The highest BCUT2D eigenvalue weighted by Gasteiger charge is 2.53. The van der Waals surface area contributed by atoms with Crippen LogP contribution >= 0.6 is 11.6 Å². The first-order valence-corrected chi connectivity index (χ1v) is 8.23. The fraction of sp³-hybridized carbons (Fsp3) is 0.611. The summed E-state index contributed by atoms with van der Waals surface area (Å²) < 4.78 is 6.22. The summed E-state index contributed by atoms with van der Waals surface area (Å²) in [6, 6.07) is 4.01. The van der Waals surface area contributed by atoms with Crippen molar-refractivity contribution in [3.05, 3.63) is 28.3 Å². The minimum atomic E-state index is -0.288. The number of carbonyl (C=O) groups excluding carboxylic acids is 1. The standard InChI is InChI=1S/C18H25ClO2/c1-6-18(7-2)16(20)10-17(18)21-15-9-13(11(3)4)14(19)8-12(15)5/h8-9,11,17H,6-7,10H2,1-5H3. The smallest absolute Gasteiger partial charge is 0.146 e. The molecule has 0 amide bonds. The first kappa shape index (κ1) is 16.4. The van der Waals surface area contributed by atoms with Crippen molar-refractivity contribution in [1.82, 2.24) is 0 Å². The Hall–Kier alpha value is -1.02. The first-order chi connectivity index (χ1) is 9.85. The number of ketones is 1. The summed E-state index contributed by atoms with van der Waals surface area (Å²) in [5.74, 6) is 1.56. The number of aryl methyl sites for hydroxylation is 1. The van der Waals surface area contributed by atoms with Gasteiger partial charge in [0.25, 0.3) is 0 Å². The monoisotopic (exact) mass is 308 g/mol. The Morgan fingerprint density at radius 2 is 1.95 bits per heavy atom. The second kappa shape index (κ2) is 6.00. The Labute approximate surface area is 132 Å². The third-order valence-corrected chi connectivity index (χ3v) is 5.32. The summed E-state index contributed by atoms with van der Waals surface area (Å²) >= 11 is 6.30. The topological polar surface area (TPSA) is 26.3 Å². The van der Waals surface area contributed by atoms with E-state index in [2.05, 4.69) is 27.7 Å². The minimum absolute atomic E-state index is 0.000104. The molecule has 3 heteroatoms. The first-order valence-electron chi connectivity index (χ1n) is 7.85. The van der Waals surface area contributed by atoms with Crippen molar-refractivity contribution in [1.29, 1.82) is 0 Å². The lowest BCUT2D eigenvalue weighted by Gasteiger charge is -2.46. The third kappa shape index (κ3) is 2.70. The highest BCUT2D eigenvalue weighted by molar-refractivity contribution is 6.31. The van der Waals surface area contributed by atoms with Gasteiger partial charge in [-0.1, -0.05) is 39.3 Å². The average molecular weight is 309 g/mol. The maximum Gasteiger partial charge on any atom is 0.146 e. The van der Waals surface area contributed by atoms with Gasteiger partial charge in [-0.3, -0.25) is 4.79 Å². The normalized spacial score (nSPS) is 20.5. The molecule has 1 atom stereocenters. The van der Waals surface area contributed by atoms with Crippen LogP contribution in [0.5, 0.6) is 5.75 Å². The van der Waals surface area contributed by atoms with Crippen molar-refractivity contribution >= 4 is 17.4 Å². The number of benzene rings is 1. The number of ether oxygens (including phenoxy) is 1. The van der Waals surface area contributed by atoms with Gasteiger partial charge < -0.3 is 4.74 Å². The number of carbonyl (C=O) groups is 1. The van der Waals surface area contributed by atoms with Crippen LogP contribution in [0, 0.1) is 12.3 Å². The Morgan fingerprint density at radius 1 is 1.33 bits per heavy atom. The van der Waals surface area contributed by atoms with Gasteiger partial charge in [-0.05, 0) is 48.9 Å². The highest BCUT2D eigenvalue weighted by Crippen LogP contribution is 2.46. The van der Waals surface area contributed by atoms with E-state index in [0.29, 0.717) is 18.1 Å². The SMILES string of the molecule is CCC1(CC)C(=O)CC1Oc1cc(C(C)C)c(Cl)cc1C. The second-order valence-electron chi connectivity index (χ2n) is 6.39. The molecule has 0 saturated heterocycles. The molecule has 0 aliphatic heterocycles. The molecule has 0 heterocycles. The molecule has 0 radical (unpaired) electrons. The lowest BCUT2D eigenvalue weighted by atomic mass is 9.61. The molecule has 1 aromatic carbocycles. The van der Waals surface area contributed by atoms with Gasteiger partial charge in [0.1, 0.15) is 17.6 Å². The molecule has 0 bridgehead atoms. The third-order valence-electron chi connectivity index (χ3n) is 4.99. The zero-order valence-corrected chi connectivity index (χ0v) is 14.4. The quantitative estimate of drug-likeness (QED) is 0.738. The van der Waals surface area contributed by atoms with E-state index in [-0.39, 0.29) is 11.5 Å². The van der Waals surface area contributed by atoms with E-state index in [1.54, 1.807) is 0 Å². The number of rotatable bonds is 5. The molecule has 0 aromatic heterocycles. The van der Waals surface area contributed by atoms with Crippen LogP contribution < -0.4 is 4.74 Å². The Bertz CT molecular complexity index is 544. The van der Waals surface area contributed by atoms with E-state index >= 15 is 0 Å². The predicted molar refractivity (Wildman–Crippen MR) is 87.3 cm³/mol.